The zero-order valence-corrected chi connectivity index (χ0v) is 16.5. The van der Waals surface area contributed by atoms with Gasteiger partial charge in [0.25, 0.3) is 0 Å². The minimum Gasteiger partial charge on any atom is -0.490 e. The van der Waals surface area contributed by atoms with E-state index in [9.17, 15) is 13.2 Å². The lowest BCUT2D eigenvalue weighted by Crippen LogP contribution is -1.94. The summed E-state index contributed by atoms with van der Waals surface area (Å²) in [4.78, 5) is 0. The molecule has 4 rings (SSSR count). The van der Waals surface area contributed by atoms with Gasteiger partial charge in [0, 0.05) is 5.56 Å². The van der Waals surface area contributed by atoms with E-state index in [4.69, 9.17) is 4.74 Å². The van der Waals surface area contributed by atoms with Gasteiger partial charge in [0.15, 0.2) is 0 Å². The third-order valence-electron chi connectivity index (χ3n) is 4.73. The average Bonchev–Trinajstić information content (AvgIpc) is 2.77. The van der Waals surface area contributed by atoms with Crippen molar-refractivity contribution in [1.29, 1.82) is 0 Å². The van der Waals surface area contributed by atoms with Crippen molar-refractivity contribution in [3.8, 4) is 28.7 Å². The van der Waals surface area contributed by atoms with Gasteiger partial charge in [-0.3, -0.25) is 0 Å². The number of ether oxygens (including phenoxy) is 1. The molecule has 0 aliphatic carbocycles. The summed E-state index contributed by atoms with van der Waals surface area (Å²) >= 11 is 0. The minimum atomic E-state index is -0.739. The van der Waals surface area contributed by atoms with Gasteiger partial charge in [0.1, 0.15) is 29.8 Å². The first-order valence-electron chi connectivity index (χ1n) is 9.58. The van der Waals surface area contributed by atoms with E-state index in [1.807, 2.05) is 0 Å². The van der Waals surface area contributed by atoms with E-state index in [0.29, 0.717) is 29.0 Å². The molecule has 4 aromatic rings. The van der Waals surface area contributed by atoms with Gasteiger partial charge in [-0.2, -0.15) is 0 Å². The van der Waals surface area contributed by atoms with Gasteiger partial charge < -0.3 is 4.74 Å². The molecule has 31 heavy (non-hydrogen) atoms. The Balaban J connectivity index is 1.61. The summed E-state index contributed by atoms with van der Waals surface area (Å²) in [5.74, 6) is 4.21. The zero-order chi connectivity index (χ0) is 21.8. The van der Waals surface area contributed by atoms with Crippen LogP contribution in [0, 0.1) is 29.3 Å². The quantitative estimate of drug-likeness (QED) is 0.261. The molecule has 1 nitrogen and oxygen atoms in total. The van der Waals surface area contributed by atoms with Crippen molar-refractivity contribution >= 4 is 10.8 Å². The van der Waals surface area contributed by atoms with E-state index < -0.39 is 11.6 Å². The summed E-state index contributed by atoms with van der Waals surface area (Å²) in [5.41, 5.74) is 1.35. The molecule has 0 unspecified atom stereocenters. The van der Waals surface area contributed by atoms with E-state index in [1.54, 1.807) is 54.6 Å². The standard InChI is InChI=1S/C27H17F3O/c1-2-13-31-24-10-7-19(8-11-24)22-16-26(29)25(27(30)17-22)12-4-18-3-5-21-15-23(28)9-6-20(21)14-18/h2-3,5-11,14-17H,1,13H2. The van der Waals surface area contributed by atoms with Gasteiger partial charge in [0.05, 0.1) is 5.56 Å². The van der Waals surface area contributed by atoms with Crippen LogP contribution in [0.5, 0.6) is 5.75 Å². The third-order valence-corrected chi connectivity index (χ3v) is 4.73. The highest BCUT2D eigenvalue weighted by molar-refractivity contribution is 5.84. The van der Waals surface area contributed by atoms with Crippen LogP contribution in [0.25, 0.3) is 21.9 Å². The maximum atomic E-state index is 14.6. The van der Waals surface area contributed by atoms with Crippen molar-refractivity contribution in [2.75, 3.05) is 6.61 Å². The zero-order valence-electron chi connectivity index (χ0n) is 16.5. The molecule has 0 aromatic heterocycles. The van der Waals surface area contributed by atoms with Crippen LogP contribution >= 0.6 is 0 Å². The van der Waals surface area contributed by atoms with Gasteiger partial charge in [-0.25, -0.2) is 13.2 Å². The van der Waals surface area contributed by atoms with Gasteiger partial charge in [-0.05, 0) is 70.4 Å². The molecule has 0 fully saturated rings. The lowest BCUT2D eigenvalue weighted by Gasteiger charge is -2.07. The molecule has 0 heterocycles. The van der Waals surface area contributed by atoms with Crippen LogP contribution in [-0.2, 0) is 0 Å². The van der Waals surface area contributed by atoms with Crippen LogP contribution in [0.15, 0.2) is 85.5 Å². The number of rotatable bonds is 4. The summed E-state index contributed by atoms with van der Waals surface area (Å²) < 4.78 is 48.0. The fourth-order valence-corrected chi connectivity index (χ4v) is 3.19. The van der Waals surface area contributed by atoms with Crippen molar-refractivity contribution in [2.24, 2.45) is 0 Å². The maximum absolute atomic E-state index is 14.6. The molecule has 0 saturated carbocycles. The lowest BCUT2D eigenvalue weighted by molar-refractivity contribution is 0.363. The Kier molecular flexibility index (Phi) is 5.77. The summed E-state index contributed by atoms with van der Waals surface area (Å²) in [7, 11) is 0. The van der Waals surface area contributed by atoms with Gasteiger partial charge >= 0.3 is 0 Å². The highest BCUT2D eigenvalue weighted by Gasteiger charge is 2.11. The van der Waals surface area contributed by atoms with Gasteiger partial charge in [-0.1, -0.05) is 48.8 Å². The summed E-state index contributed by atoms with van der Waals surface area (Å²) in [6.07, 6.45) is 1.64. The normalized spacial score (nSPS) is 10.4. The first-order chi connectivity index (χ1) is 15.0. The number of hydrogen-bond acceptors (Lipinski definition) is 1. The van der Waals surface area contributed by atoms with Gasteiger partial charge in [0.2, 0.25) is 0 Å². The fraction of sp³-hybridized carbons (Fsp3) is 0.0370. The van der Waals surface area contributed by atoms with Crippen LogP contribution in [-0.4, -0.2) is 6.61 Å². The summed E-state index contributed by atoms with van der Waals surface area (Å²) in [6.45, 7) is 3.97. The monoisotopic (exact) mass is 414 g/mol. The molecular weight excluding hydrogens is 397 g/mol. The predicted octanol–water partition coefficient (Wildman–Crippen LogP) is 6.89. The van der Waals surface area contributed by atoms with E-state index in [1.165, 1.54) is 24.3 Å². The fourth-order valence-electron chi connectivity index (χ4n) is 3.19. The van der Waals surface area contributed by atoms with E-state index in [2.05, 4.69) is 18.4 Å². The second-order valence-electron chi connectivity index (χ2n) is 6.90. The van der Waals surface area contributed by atoms with Crippen LogP contribution < -0.4 is 4.74 Å². The average molecular weight is 414 g/mol. The van der Waals surface area contributed by atoms with E-state index >= 15 is 0 Å². The van der Waals surface area contributed by atoms with Crippen molar-refractivity contribution in [1.82, 2.24) is 0 Å². The van der Waals surface area contributed by atoms with Crippen LogP contribution in [0.3, 0.4) is 0 Å². The Labute approximate surface area is 178 Å². The molecule has 0 atom stereocenters. The first kappa shape index (κ1) is 20.3. The minimum absolute atomic E-state index is 0.297. The number of halogens is 3. The molecular formula is C27H17F3O. The molecule has 0 radical (unpaired) electrons. The molecule has 0 aliphatic heterocycles. The molecule has 4 aromatic carbocycles. The first-order valence-corrected chi connectivity index (χ1v) is 9.58. The molecule has 0 saturated heterocycles. The summed E-state index contributed by atoms with van der Waals surface area (Å²) in [6, 6.07) is 19.0. The number of hydrogen-bond donors (Lipinski definition) is 0. The number of fused-ring (bicyclic) bond motifs is 1. The van der Waals surface area contributed by atoms with Crippen molar-refractivity contribution < 1.29 is 17.9 Å². The second-order valence-corrected chi connectivity index (χ2v) is 6.90. The Hall–Kier alpha value is -3.97. The largest absolute Gasteiger partial charge is 0.490 e. The van der Waals surface area contributed by atoms with Crippen molar-refractivity contribution in [3.63, 3.8) is 0 Å². The Morgan fingerprint density at radius 1 is 0.742 bits per heavy atom. The number of benzene rings is 4. The van der Waals surface area contributed by atoms with Crippen LogP contribution in [0.2, 0.25) is 0 Å². The summed E-state index contributed by atoms with van der Waals surface area (Å²) in [5, 5.41) is 1.53. The lowest BCUT2D eigenvalue weighted by atomic mass is 10.0. The molecule has 152 valence electrons. The van der Waals surface area contributed by atoms with Crippen molar-refractivity contribution in [3.05, 3.63) is 114 Å². The second kappa shape index (κ2) is 8.81. The van der Waals surface area contributed by atoms with Crippen LogP contribution in [0.4, 0.5) is 13.2 Å². The molecule has 0 aliphatic rings. The Bertz CT molecular complexity index is 1310. The van der Waals surface area contributed by atoms with Gasteiger partial charge in [-0.15, -0.1) is 0 Å². The Morgan fingerprint density at radius 3 is 2.13 bits per heavy atom. The van der Waals surface area contributed by atoms with E-state index in [0.717, 1.165) is 10.8 Å². The van der Waals surface area contributed by atoms with Crippen molar-refractivity contribution in [2.45, 2.75) is 0 Å². The highest BCUT2D eigenvalue weighted by Crippen LogP contribution is 2.26. The third kappa shape index (κ3) is 4.62. The SMILES string of the molecule is C=CCOc1ccc(-c2cc(F)c(C#Cc3ccc4cc(F)ccc4c3)c(F)c2)cc1. The maximum Gasteiger partial charge on any atom is 0.142 e. The molecule has 4 heteroatoms. The van der Waals surface area contributed by atoms with Crippen LogP contribution in [0.1, 0.15) is 11.1 Å². The van der Waals surface area contributed by atoms with E-state index in [-0.39, 0.29) is 11.4 Å². The predicted molar refractivity (Wildman–Crippen MR) is 117 cm³/mol. The molecule has 0 N–H and O–H groups in total. The molecule has 0 amide bonds. The smallest absolute Gasteiger partial charge is 0.142 e. The Morgan fingerprint density at radius 2 is 1.42 bits per heavy atom. The topological polar surface area (TPSA) is 9.23 Å². The molecule has 0 spiro atoms. The highest BCUT2D eigenvalue weighted by atomic mass is 19.1. The molecule has 0 bridgehead atoms.